The van der Waals surface area contributed by atoms with E-state index in [1.165, 1.54) is 0 Å². The minimum absolute atomic E-state index is 0.0554. The van der Waals surface area contributed by atoms with E-state index in [9.17, 15) is 9.90 Å². The van der Waals surface area contributed by atoms with Gasteiger partial charge in [-0.1, -0.05) is 0 Å². The second kappa shape index (κ2) is 3.42. The fourth-order valence-electron chi connectivity index (χ4n) is 1.58. The summed E-state index contributed by atoms with van der Waals surface area (Å²) < 4.78 is 5.08. The van der Waals surface area contributed by atoms with E-state index in [0.717, 1.165) is 0 Å². The first kappa shape index (κ1) is 11.3. The fourth-order valence-corrected chi connectivity index (χ4v) is 1.58. The summed E-state index contributed by atoms with van der Waals surface area (Å²) in [7, 11) is 0. The number of rotatable bonds is 1. The number of aliphatic hydroxyl groups is 1. The Hall–Kier alpha value is -0.770. The van der Waals surface area contributed by atoms with Gasteiger partial charge >= 0.3 is 6.09 Å². The van der Waals surface area contributed by atoms with Crippen LogP contribution in [0.3, 0.4) is 0 Å². The van der Waals surface area contributed by atoms with Crippen molar-refractivity contribution in [2.24, 2.45) is 0 Å². The van der Waals surface area contributed by atoms with E-state index in [1.54, 1.807) is 6.92 Å². The van der Waals surface area contributed by atoms with Crippen LogP contribution in [0.5, 0.6) is 0 Å². The molecule has 1 fully saturated rings. The van der Waals surface area contributed by atoms with Crippen LogP contribution >= 0.6 is 0 Å². The van der Waals surface area contributed by atoms with Gasteiger partial charge in [0.05, 0.1) is 5.60 Å². The standard InChI is InChI=1S/C10H19NO3/c1-9(2,3)14-8(12)11-7-5-10(4,13)6-7/h7,13H,5-6H2,1-4H3,(H,11,12)/t7-,10-. The first-order chi connectivity index (χ1) is 6.18. The molecule has 0 radical (unpaired) electrons. The molecule has 0 aromatic rings. The van der Waals surface area contributed by atoms with Gasteiger partial charge in [-0.05, 0) is 40.5 Å². The summed E-state index contributed by atoms with van der Waals surface area (Å²) in [5.74, 6) is 0. The third kappa shape index (κ3) is 3.54. The van der Waals surface area contributed by atoms with Gasteiger partial charge in [0.2, 0.25) is 0 Å². The summed E-state index contributed by atoms with van der Waals surface area (Å²) >= 11 is 0. The summed E-state index contributed by atoms with van der Waals surface area (Å²) in [5, 5.41) is 12.1. The zero-order valence-electron chi connectivity index (χ0n) is 9.26. The molecule has 14 heavy (non-hydrogen) atoms. The number of amides is 1. The molecule has 0 unspecified atom stereocenters. The third-order valence-corrected chi connectivity index (χ3v) is 2.09. The van der Waals surface area contributed by atoms with Crippen LogP contribution in [0.25, 0.3) is 0 Å². The second-order valence-corrected chi connectivity index (χ2v) is 5.25. The summed E-state index contributed by atoms with van der Waals surface area (Å²) in [6, 6.07) is 0.0554. The molecule has 1 saturated carbocycles. The van der Waals surface area contributed by atoms with Gasteiger partial charge in [0.15, 0.2) is 0 Å². The maximum atomic E-state index is 11.3. The van der Waals surface area contributed by atoms with Crippen molar-refractivity contribution in [3.63, 3.8) is 0 Å². The predicted octanol–water partition coefficient (Wildman–Crippen LogP) is 1.42. The van der Waals surface area contributed by atoms with Gasteiger partial charge in [-0.25, -0.2) is 4.79 Å². The number of nitrogens with one attached hydrogen (secondary N) is 1. The fraction of sp³-hybridized carbons (Fsp3) is 0.900. The number of hydrogen-bond acceptors (Lipinski definition) is 3. The molecule has 0 heterocycles. The summed E-state index contributed by atoms with van der Waals surface area (Å²) in [4.78, 5) is 11.3. The zero-order chi connectivity index (χ0) is 11.0. The molecule has 2 N–H and O–H groups in total. The second-order valence-electron chi connectivity index (χ2n) is 5.25. The largest absolute Gasteiger partial charge is 0.444 e. The molecule has 0 aromatic carbocycles. The monoisotopic (exact) mass is 201 g/mol. The van der Waals surface area contributed by atoms with Gasteiger partial charge in [-0.2, -0.15) is 0 Å². The van der Waals surface area contributed by atoms with Crippen LogP contribution in [-0.2, 0) is 4.74 Å². The van der Waals surface area contributed by atoms with Gasteiger partial charge in [-0.3, -0.25) is 0 Å². The van der Waals surface area contributed by atoms with Gasteiger partial charge in [-0.15, -0.1) is 0 Å². The zero-order valence-corrected chi connectivity index (χ0v) is 9.26. The minimum atomic E-state index is -0.611. The highest BCUT2D eigenvalue weighted by atomic mass is 16.6. The van der Waals surface area contributed by atoms with E-state index < -0.39 is 17.3 Å². The molecule has 0 spiro atoms. The molecule has 0 atom stereocenters. The molecule has 4 heteroatoms. The van der Waals surface area contributed by atoms with Crippen molar-refractivity contribution in [2.45, 2.75) is 57.8 Å². The highest BCUT2D eigenvalue weighted by Gasteiger charge is 2.39. The Bertz CT molecular complexity index is 222. The highest BCUT2D eigenvalue weighted by molar-refractivity contribution is 5.68. The van der Waals surface area contributed by atoms with Crippen molar-refractivity contribution in [3.8, 4) is 0 Å². The summed E-state index contributed by atoms with van der Waals surface area (Å²) in [5.41, 5.74) is -1.07. The van der Waals surface area contributed by atoms with Gasteiger partial charge < -0.3 is 15.2 Å². The molecule has 1 amide bonds. The Labute approximate surface area is 84.6 Å². The van der Waals surface area contributed by atoms with Crippen molar-refractivity contribution in [1.29, 1.82) is 0 Å². The van der Waals surface area contributed by atoms with E-state index in [1.807, 2.05) is 20.8 Å². The molecular formula is C10H19NO3. The normalized spacial score (nSPS) is 31.9. The molecular weight excluding hydrogens is 182 g/mol. The van der Waals surface area contributed by atoms with E-state index in [0.29, 0.717) is 12.8 Å². The van der Waals surface area contributed by atoms with E-state index in [2.05, 4.69) is 5.32 Å². The quantitative estimate of drug-likeness (QED) is 0.674. The van der Waals surface area contributed by atoms with Crippen LogP contribution in [0.2, 0.25) is 0 Å². The van der Waals surface area contributed by atoms with Gasteiger partial charge in [0, 0.05) is 6.04 Å². The Balaban J connectivity index is 2.24. The summed E-state index contributed by atoms with van der Waals surface area (Å²) in [6.07, 6.45) is 0.802. The number of carbonyl (C=O) groups is 1. The van der Waals surface area contributed by atoms with Crippen LogP contribution in [0.4, 0.5) is 4.79 Å². The van der Waals surface area contributed by atoms with Crippen molar-refractivity contribution in [3.05, 3.63) is 0 Å². The number of alkyl carbamates (subject to hydrolysis) is 1. The first-order valence-corrected chi connectivity index (χ1v) is 4.90. The van der Waals surface area contributed by atoms with Crippen LogP contribution in [0, 0.1) is 0 Å². The van der Waals surface area contributed by atoms with E-state index in [4.69, 9.17) is 4.74 Å². The lowest BCUT2D eigenvalue weighted by Gasteiger charge is -2.41. The molecule has 0 saturated heterocycles. The number of carbonyl (C=O) groups excluding carboxylic acids is 1. The molecule has 82 valence electrons. The topological polar surface area (TPSA) is 58.6 Å². The molecule has 0 aromatic heterocycles. The average molecular weight is 201 g/mol. The minimum Gasteiger partial charge on any atom is -0.444 e. The molecule has 1 aliphatic rings. The third-order valence-electron chi connectivity index (χ3n) is 2.09. The van der Waals surface area contributed by atoms with Crippen LogP contribution in [0.1, 0.15) is 40.5 Å². The van der Waals surface area contributed by atoms with Gasteiger partial charge in [0.1, 0.15) is 5.60 Å². The molecule has 1 rings (SSSR count). The lowest BCUT2D eigenvalue weighted by Crippen LogP contribution is -2.54. The SMILES string of the molecule is CC(C)(C)OC(=O)N[C@H]1C[C@](C)(O)C1. The average Bonchev–Trinajstić information content (AvgIpc) is 1.76. The van der Waals surface area contributed by atoms with Crippen molar-refractivity contribution in [2.75, 3.05) is 0 Å². The highest BCUT2D eigenvalue weighted by Crippen LogP contribution is 2.31. The van der Waals surface area contributed by atoms with Crippen LogP contribution in [0.15, 0.2) is 0 Å². The van der Waals surface area contributed by atoms with Crippen molar-refractivity contribution >= 4 is 6.09 Å². The summed E-state index contributed by atoms with van der Waals surface area (Å²) in [6.45, 7) is 7.23. The Kier molecular flexibility index (Phi) is 2.76. The number of hydrogen-bond donors (Lipinski definition) is 2. The Morgan fingerprint density at radius 2 is 2.00 bits per heavy atom. The smallest absolute Gasteiger partial charge is 0.407 e. The van der Waals surface area contributed by atoms with Crippen molar-refractivity contribution < 1.29 is 14.6 Å². The van der Waals surface area contributed by atoms with E-state index in [-0.39, 0.29) is 6.04 Å². The lowest BCUT2D eigenvalue weighted by atomic mass is 9.77. The predicted molar refractivity (Wildman–Crippen MR) is 53.0 cm³/mol. The number of ether oxygens (including phenoxy) is 1. The first-order valence-electron chi connectivity index (χ1n) is 4.90. The Morgan fingerprint density at radius 1 is 1.50 bits per heavy atom. The maximum absolute atomic E-state index is 11.3. The van der Waals surface area contributed by atoms with E-state index >= 15 is 0 Å². The molecule has 0 bridgehead atoms. The van der Waals surface area contributed by atoms with Crippen molar-refractivity contribution in [1.82, 2.24) is 5.32 Å². The maximum Gasteiger partial charge on any atom is 0.407 e. The molecule has 1 aliphatic carbocycles. The Morgan fingerprint density at radius 3 is 2.36 bits per heavy atom. The molecule has 0 aliphatic heterocycles. The van der Waals surface area contributed by atoms with Crippen LogP contribution in [-0.4, -0.2) is 28.4 Å². The molecule has 4 nitrogen and oxygen atoms in total. The lowest BCUT2D eigenvalue weighted by molar-refractivity contribution is -0.0409. The van der Waals surface area contributed by atoms with Crippen LogP contribution < -0.4 is 5.32 Å². The van der Waals surface area contributed by atoms with Gasteiger partial charge in [0.25, 0.3) is 0 Å².